The molecule has 2 N–H and O–H groups in total. The summed E-state index contributed by atoms with van der Waals surface area (Å²) in [5.41, 5.74) is 15.1. The average molecular weight is 734 g/mol. The molecule has 0 fully saturated rings. The number of ether oxygens (including phenoxy) is 1. The topological polar surface area (TPSA) is 50.8 Å². The van der Waals surface area contributed by atoms with E-state index in [2.05, 4.69) is 183 Å². The lowest BCUT2D eigenvalue weighted by Gasteiger charge is -2.27. The van der Waals surface area contributed by atoms with Crippen molar-refractivity contribution >= 4 is 23.0 Å². The number of benzene rings is 7. The molecule has 7 aromatic rings. The molecule has 2 unspecified atom stereocenters. The highest BCUT2D eigenvalue weighted by Crippen LogP contribution is 2.41. The standard InChI is InChI=1S/C52H51N3O/c1-5-37(3)40-24-30-45(31-25-40)55(46-32-26-41(27-33-46)38(4)6-2)47-34-28-43(29-35-47)49-17-11-13-19-51(49)50-18-12-10-16-48(50)42-22-20-39(21-23-42)36-56-52(54-53)44-14-8-7-9-15-44/h7-35,37-38H,5-6,36,53H2,1-4H3. The van der Waals surface area contributed by atoms with Crippen LogP contribution in [0.1, 0.15) is 74.6 Å². The van der Waals surface area contributed by atoms with Gasteiger partial charge in [-0.05, 0) is 123 Å². The van der Waals surface area contributed by atoms with E-state index in [4.69, 9.17) is 10.6 Å². The maximum absolute atomic E-state index is 6.00. The van der Waals surface area contributed by atoms with Crippen LogP contribution in [-0.4, -0.2) is 5.90 Å². The van der Waals surface area contributed by atoms with Crippen molar-refractivity contribution in [2.45, 2.75) is 59.0 Å². The minimum Gasteiger partial charge on any atom is -0.471 e. The van der Waals surface area contributed by atoms with E-state index in [9.17, 15) is 0 Å². The molecule has 280 valence electrons. The van der Waals surface area contributed by atoms with Gasteiger partial charge in [0, 0.05) is 22.6 Å². The van der Waals surface area contributed by atoms with Gasteiger partial charge in [0.2, 0.25) is 5.90 Å². The fraction of sp³-hybridized carbons (Fsp3) is 0.173. The van der Waals surface area contributed by atoms with E-state index in [-0.39, 0.29) is 0 Å². The van der Waals surface area contributed by atoms with Crippen molar-refractivity contribution in [2.75, 3.05) is 4.90 Å². The Hall–Kier alpha value is -6.39. The van der Waals surface area contributed by atoms with E-state index < -0.39 is 0 Å². The molecule has 56 heavy (non-hydrogen) atoms. The van der Waals surface area contributed by atoms with Crippen molar-refractivity contribution in [3.05, 3.63) is 198 Å². The highest BCUT2D eigenvalue weighted by Gasteiger charge is 2.17. The molecule has 0 radical (unpaired) electrons. The lowest BCUT2D eigenvalue weighted by molar-refractivity contribution is 0.292. The van der Waals surface area contributed by atoms with E-state index >= 15 is 0 Å². The highest BCUT2D eigenvalue weighted by molar-refractivity contribution is 5.94. The SMILES string of the molecule is CCC(C)c1ccc(N(c2ccc(-c3ccccc3-c3ccccc3-c3ccc(COC(=NN)c4ccccc4)cc3)cc2)c2ccc(C(C)CC)cc2)cc1. The van der Waals surface area contributed by atoms with Gasteiger partial charge in [0.1, 0.15) is 6.61 Å². The minimum absolute atomic E-state index is 0.371. The Bertz CT molecular complexity index is 2290. The van der Waals surface area contributed by atoms with Crippen LogP contribution in [0.4, 0.5) is 17.1 Å². The average Bonchev–Trinajstić information content (AvgIpc) is 3.27. The van der Waals surface area contributed by atoms with Crippen molar-refractivity contribution in [1.29, 1.82) is 0 Å². The van der Waals surface area contributed by atoms with Gasteiger partial charge in [-0.2, -0.15) is 0 Å². The Labute approximate surface area is 333 Å². The van der Waals surface area contributed by atoms with E-state index in [1.54, 1.807) is 0 Å². The first-order valence-corrected chi connectivity index (χ1v) is 19.8. The summed E-state index contributed by atoms with van der Waals surface area (Å²) < 4.78 is 6.00. The van der Waals surface area contributed by atoms with E-state index in [0.29, 0.717) is 24.3 Å². The van der Waals surface area contributed by atoms with Gasteiger partial charge >= 0.3 is 0 Å². The summed E-state index contributed by atoms with van der Waals surface area (Å²) >= 11 is 0. The largest absolute Gasteiger partial charge is 0.471 e. The number of hydrogen-bond donors (Lipinski definition) is 1. The highest BCUT2D eigenvalue weighted by atomic mass is 16.5. The number of rotatable bonds is 13. The van der Waals surface area contributed by atoms with Crippen LogP contribution < -0.4 is 10.7 Å². The molecule has 4 nitrogen and oxygen atoms in total. The first-order chi connectivity index (χ1) is 27.5. The summed E-state index contributed by atoms with van der Waals surface area (Å²) in [4.78, 5) is 2.37. The predicted molar refractivity (Wildman–Crippen MR) is 237 cm³/mol. The van der Waals surface area contributed by atoms with Crippen LogP contribution in [0.5, 0.6) is 0 Å². The van der Waals surface area contributed by atoms with Crippen molar-refractivity contribution in [3.8, 4) is 33.4 Å². The number of nitrogens with two attached hydrogens (primary N) is 1. The van der Waals surface area contributed by atoms with Crippen LogP contribution in [0.15, 0.2) is 181 Å². The second-order valence-electron chi connectivity index (χ2n) is 14.6. The van der Waals surface area contributed by atoms with Crippen LogP contribution >= 0.6 is 0 Å². The maximum atomic E-state index is 6.00. The third-order valence-electron chi connectivity index (χ3n) is 11.0. The van der Waals surface area contributed by atoms with Gasteiger partial charge in [-0.25, -0.2) is 0 Å². The molecule has 0 heterocycles. The third-order valence-corrected chi connectivity index (χ3v) is 11.0. The van der Waals surface area contributed by atoms with Crippen LogP contribution in [0, 0.1) is 0 Å². The van der Waals surface area contributed by atoms with Gasteiger partial charge in [0.25, 0.3) is 0 Å². The maximum Gasteiger partial charge on any atom is 0.237 e. The molecule has 0 aliphatic rings. The minimum atomic E-state index is 0.371. The van der Waals surface area contributed by atoms with Crippen LogP contribution in [-0.2, 0) is 11.3 Å². The second kappa shape index (κ2) is 17.8. The number of nitrogens with zero attached hydrogens (tertiary/aromatic N) is 2. The van der Waals surface area contributed by atoms with Gasteiger partial charge in [0.15, 0.2) is 0 Å². The second-order valence-corrected chi connectivity index (χ2v) is 14.6. The summed E-state index contributed by atoms with van der Waals surface area (Å²) in [5.74, 6) is 7.14. The molecular weight excluding hydrogens is 683 g/mol. The van der Waals surface area contributed by atoms with Crippen molar-refractivity contribution in [3.63, 3.8) is 0 Å². The van der Waals surface area contributed by atoms with Gasteiger partial charge < -0.3 is 15.5 Å². The summed E-state index contributed by atoms with van der Waals surface area (Å²) in [6.45, 7) is 9.46. The van der Waals surface area contributed by atoms with E-state index in [0.717, 1.165) is 46.6 Å². The monoisotopic (exact) mass is 733 g/mol. The molecule has 0 spiro atoms. The van der Waals surface area contributed by atoms with Gasteiger partial charge in [-0.1, -0.05) is 155 Å². The number of hydrazone groups is 1. The van der Waals surface area contributed by atoms with Crippen LogP contribution in [0.3, 0.4) is 0 Å². The summed E-state index contributed by atoms with van der Waals surface area (Å²) in [6.07, 6.45) is 2.24. The smallest absolute Gasteiger partial charge is 0.237 e. The lowest BCUT2D eigenvalue weighted by Crippen LogP contribution is -2.10. The number of hydrogen-bond acceptors (Lipinski definition) is 4. The Morgan fingerprint density at radius 3 is 1.32 bits per heavy atom. The van der Waals surface area contributed by atoms with Gasteiger partial charge in [-0.15, -0.1) is 5.10 Å². The zero-order valence-corrected chi connectivity index (χ0v) is 32.9. The van der Waals surface area contributed by atoms with Crippen molar-refractivity contribution < 1.29 is 4.74 Å². The Morgan fingerprint density at radius 2 is 0.893 bits per heavy atom. The molecule has 0 bridgehead atoms. The summed E-state index contributed by atoms with van der Waals surface area (Å²) in [6, 6.07) is 62.8. The molecule has 0 aromatic heterocycles. The zero-order chi connectivity index (χ0) is 38.9. The zero-order valence-electron chi connectivity index (χ0n) is 32.9. The molecule has 0 aliphatic heterocycles. The molecule has 0 aliphatic carbocycles. The van der Waals surface area contributed by atoms with E-state index in [1.807, 2.05) is 30.3 Å². The quantitative estimate of drug-likeness (QED) is 0.0556. The Kier molecular flexibility index (Phi) is 12.1. The van der Waals surface area contributed by atoms with Gasteiger partial charge in [0.05, 0.1) is 0 Å². The van der Waals surface area contributed by atoms with Crippen LogP contribution in [0.25, 0.3) is 33.4 Å². The first kappa shape index (κ1) is 37.9. The summed E-state index contributed by atoms with van der Waals surface area (Å²) in [7, 11) is 0. The Balaban J connectivity index is 1.18. The van der Waals surface area contributed by atoms with Crippen LogP contribution in [0.2, 0.25) is 0 Å². The first-order valence-electron chi connectivity index (χ1n) is 19.8. The fourth-order valence-electron chi connectivity index (χ4n) is 7.26. The molecule has 0 amide bonds. The predicted octanol–water partition coefficient (Wildman–Crippen LogP) is 14.0. The summed E-state index contributed by atoms with van der Waals surface area (Å²) in [5, 5.41) is 3.87. The molecule has 4 heteroatoms. The van der Waals surface area contributed by atoms with Crippen molar-refractivity contribution in [1.82, 2.24) is 0 Å². The molecule has 7 aromatic carbocycles. The van der Waals surface area contributed by atoms with Gasteiger partial charge in [-0.3, -0.25) is 0 Å². The molecule has 2 atom stereocenters. The molecule has 0 saturated carbocycles. The molecule has 0 saturated heterocycles. The van der Waals surface area contributed by atoms with Crippen molar-refractivity contribution in [2.24, 2.45) is 10.9 Å². The van der Waals surface area contributed by atoms with E-state index in [1.165, 1.54) is 38.9 Å². The fourth-order valence-corrected chi connectivity index (χ4v) is 7.26. The number of anilines is 3. The third kappa shape index (κ3) is 8.45. The normalized spacial score (nSPS) is 12.5. The lowest BCUT2D eigenvalue weighted by atomic mass is 9.89. The molecular formula is C52H51N3O. The molecule has 7 rings (SSSR count). The Morgan fingerprint density at radius 1 is 0.500 bits per heavy atom.